The summed E-state index contributed by atoms with van der Waals surface area (Å²) in [6.45, 7) is 2.19. The Morgan fingerprint density at radius 3 is 2.72 bits per heavy atom. The predicted octanol–water partition coefficient (Wildman–Crippen LogP) is 4.23. The van der Waals surface area contributed by atoms with Crippen molar-refractivity contribution in [3.8, 4) is 5.75 Å². The third-order valence-corrected chi connectivity index (χ3v) is 6.01. The van der Waals surface area contributed by atoms with Gasteiger partial charge in [-0.05, 0) is 61.9 Å². The Balaban J connectivity index is 1.56. The van der Waals surface area contributed by atoms with Crippen molar-refractivity contribution in [3.63, 3.8) is 0 Å². The number of carbonyl (C=O) groups excluding carboxylic acids is 2. The molecule has 1 aromatic heterocycles. The fourth-order valence-electron chi connectivity index (χ4n) is 4.45. The number of aromatic nitrogens is 1. The molecule has 0 saturated carbocycles. The molecule has 166 valence electrons. The summed E-state index contributed by atoms with van der Waals surface area (Å²) in [7, 11) is 1.61. The zero-order chi connectivity index (χ0) is 22.5. The topological polar surface area (TPSA) is 77.5 Å². The number of rotatable bonds is 7. The number of carbonyl (C=O) groups is 2. The summed E-state index contributed by atoms with van der Waals surface area (Å²) >= 11 is 0. The molecule has 0 spiro atoms. The van der Waals surface area contributed by atoms with Gasteiger partial charge in [-0.2, -0.15) is 0 Å². The van der Waals surface area contributed by atoms with E-state index >= 15 is 0 Å². The van der Waals surface area contributed by atoms with Crippen LogP contribution in [-0.4, -0.2) is 30.5 Å². The zero-order valence-corrected chi connectivity index (χ0v) is 18.5. The van der Waals surface area contributed by atoms with Crippen molar-refractivity contribution in [2.24, 2.45) is 0 Å². The average Bonchev–Trinajstić information content (AvgIpc) is 2.82. The summed E-state index contributed by atoms with van der Waals surface area (Å²) < 4.78 is 11.0. The van der Waals surface area contributed by atoms with Gasteiger partial charge >= 0.3 is 5.97 Å². The van der Waals surface area contributed by atoms with Gasteiger partial charge in [0.1, 0.15) is 5.75 Å². The quantitative estimate of drug-likeness (QED) is 0.521. The molecule has 1 aliphatic heterocycles. The lowest BCUT2D eigenvalue weighted by Crippen LogP contribution is -2.34. The maximum Gasteiger partial charge on any atom is 0.336 e. The van der Waals surface area contributed by atoms with Crippen molar-refractivity contribution >= 4 is 11.8 Å². The third kappa shape index (κ3) is 4.59. The van der Waals surface area contributed by atoms with Crippen molar-refractivity contribution < 1.29 is 19.1 Å². The Hall–Kier alpha value is -3.41. The molecule has 32 heavy (non-hydrogen) atoms. The highest BCUT2D eigenvalue weighted by molar-refractivity contribution is 6.03. The summed E-state index contributed by atoms with van der Waals surface area (Å²) in [5.41, 5.74) is 4.86. The number of ether oxygens (including phenoxy) is 2. The highest BCUT2D eigenvalue weighted by atomic mass is 16.5. The summed E-state index contributed by atoms with van der Waals surface area (Å²) in [6, 6.07) is 11.5. The molecule has 1 aromatic carbocycles. The van der Waals surface area contributed by atoms with Crippen LogP contribution in [0.5, 0.6) is 5.75 Å². The summed E-state index contributed by atoms with van der Waals surface area (Å²) in [5, 5.41) is 3.32. The second-order valence-electron chi connectivity index (χ2n) is 8.14. The van der Waals surface area contributed by atoms with Crippen LogP contribution in [0.3, 0.4) is 0 Å². The number of dihydropyridines is 1. The van der Waals surface area contributed by atoms with Crippen LogP contribution in [0.25, 0.3) is 0 Å². The minimum absolute atomic E-state index is 0.0916. The Labute approximate surface area is 188 Å². The summed E-state index contributed by atoms with van der Waals surface area (Å²) in [5.74, 6) is 0.00346. The number of hydrogen-bond acceptors (Lipinski definition) is 6. The van der Waals surface area contributed by atoms with Crippen LogP contribution in [0.4, 0.5) is 0 Å². The molecular weight excluding hydrogens is 404 g/mol. The molecule has 0 radical (unpaired) electrons. The molecule has 6 nitrogen and oxygen atoms in total. The molecule has 2 heterocycles. The van der Waals surface area contributed by atoms with Crippen LogP contribution in [0.15, 0.2) is 71.3 Å². The van der Waals surface area contributed by atoms with Gasteiger partial charge in [0.15, 0.2) is 5.78 Å². The van der Waals surface area contributed by atoms with Gasteiger partial charge in [0, 0.05) is 41.7 Å². The predicted molar refractivity (Wildman–Crippen MR) is 121 cm³/mol. The first-order valence-electron chi connectivity index (χ1n) is 11.0. The van der Waals surface area contributed by atoms with Crippen LogP contribution in [-0.2, 0) is 20.7 Å². The molecule has 2 aromatic rings. The lowest BCUT2D eigenvalue weighted by atomic mass is 9.75. The van der Waals surface area contributed by atoms with Crippen LogP contribution >= 0.6 is 0 Å². The number of pyridine rings is 1. The molecule has 1 aliphatic carbocycles. The second-order valence-corrected chi connectivity index (χ2v) is 8.14. The Bertz CT molecular complexity index is 1050. The van der Waals surface area contributed by atoms with Crippen molar-refractivity contribution in [1.29, 1.82) is 0 Å². The maximum absolute atomic E-state index is 13.2. The van der Waals surface area contributed by atoms with E-state index in [1.54, 1.807) is 13.3 Å². The summed E-state index contributed by atoms with van der Waals surface area (Å²) in [6.07, 6.45) is 7.18. The molecule has 1 unspecified atom stereocenters. The zero-order valence-electron chi connectivity index (χ0n) is 18.5. The van der Waals surface area contributed by atoms with E-state index in [1.165, 1.54) is 0 Å². The second kappa shape index (κ2) is 9.81. The van der Waals surface area contributed by atoms with Crippen LogP contribution in [0.1, 0.15) is 49.7 Å². The lowest BCUT2D eigenvalue weighted by molar-refractivity contribution is -0.139. The van der Waals surface area contributed by atoms with E-state index in [9.17, 15) is 9.59 Å². The third-order valence-electron chi connectivity index (χ3n) is 6.01. The number of nitrogens with one attached hydrogen (secondary N) is 1. The SMILES string of the molecule is COc1ccc(C2C(C(=O)OCCCc3cccnc3)=C(C)NC3=C2C(=O)CCC3)cc1. The number of nitrogens with zero attached hydrogens (tertiary/aromatic N) is 1. The Morgan fingerprint density at radius 1 is 1.19 bits per heavy atom. The van der Waals surface area contributed by atoms with Gasteiger partial charge in [0.05, 0.1) is 19.3 Å². The molecule has 0 amide bonds. The van der Waals surface area contributed by atoms with E-state index in [1.807, 2.05) is 49.5 Å². The highest BCUT2D eigenvalue weighted by Crippen LogP contribution is 2.42. The first-order chi connectivity index (χ1) is 15.6. The smallest absolute Gasteiger partial charge is 0.336 e. The standard InChI is InChI=1S/C26H28N2O4/c1-17-23(26(30)32-15-5-7-18-6-4-14-27-16-18)24(19-10-12-20(31-2)13-11-19)25-21(28-17)8-3-9-22(25)29/h4,6,10-14,16,24,28H,3,5,7-9,15H2,1-2H3. The minimum atomic E-state index is -0.434. The van der Waals surface area contributed by atoms with Gasteiger partial charge in [-0.1, -0.05) is 18.2 Å². The Kier molecular flexibility index (Phi) is 6.69. The number of methoxy groups -OCH3 is 1. The van der Waals surface area contributed by atoms with E-state index in [2.05, 4.69) is 10.3 Å². The fraction of sp³-hybridized carbons (Fsp3) is 0.346. The van der Waals surface area contributed by atoms with Crippen LogP contribution in [0.2, 0.25) is 0 Å². The molecule has 4 rings (SSSR count). The van der Waals surface area contributed by atoms with Gasteiger partial charge in [0.25, 0.3) is 0 Å². The first kappa shape index (κ1) is 21.8. The number of Topliss-reactive ketones (excluding diaryl/α,β-unsaturated/α-hetero) is 1. The van der Waals surface area contributed by atoms with E-state index in [-0.39, 0.29) is 11.8 Å². The average molecular weight is 433 g/mol. The summed E-state index contributed by atoms with van der Waals surface area (Å²) in [4.78, 5) is 30.3. The molecule has 0 fully saturated rings. The van der Waals surface area contributed by atoms with Crippen molar-refractivity contribution in [1.82, 2.24) is 10.3 Å². The van der Waals surface area contributed by atoms with E-state index < -0.39 is 5.92 Å². The molecular formula is C26H28N2O4. The number of benzene rings is 1. The largest absolute Gasteiger partial charge is 0.497 e. The number of ketones is 1. The number of allylic oxidation sites excluding steroid dienone is 3. The lowest BCUT2D eigenvalue weighted by Gasteiger charge is -2.34. The number of aryl methyl sites for hydroxylation is 1. The molecule has 1 atom stereocenters. The van der Waals surface area contributed by atoms with Gasteiger partial charge in [-0.3, -0.25) is 9.78 Å². The molecule has 0 saturated heterocycles. The molecule has 6 heteroatoms. The van der Waals surface area contributed by atoms with Crippen molar-refractivity contribution in [2.75, 3.05) is 13.7 Å². The van der Waals surface area contributed by atoms with E-state index in [0.717, 1.165) is 47.5 Å². The normalized spacial score (nSPS) is 18.2. The van der Waals surface area contributed by atoms with Gasteiger partial charge < -0.3 is 14.8 Å². The minimum Gasteiger partial charge on any atom is -0.497 e. The van der Waals surface area contributed by atoms with Gasteiger partial charge in [-0.25, -0.2) is 4.79 Å². The number of esters is 1. The van der Waals surface area contributed by atoms with E-state index in [4.69, 9.17) is 9.47 Å². The van der Waals surface area contributed by atoms with Crippen LogP contribution < -0.4 is 10.1 Å². The van der Waals surface area contributed by atoms with Crippen LogP contribution in [0, 0.1) is 0 Å². The van der Waals surface area contributed by atoms with Gasteiger partial charge in [0.2, 0.25) is 0 Å². The monoisotopic (exact) mass is 432 g/mol. The fourth-order valence-corrected chi connectivity index (χ4v) is 4.45. The first-order valence-corrected chi connectivity index (χ1v) is 11.0. The van der Waals surface area contributed by atoms with E-state index in [0.29, 0.717) is 30.6 Å². The Morgan fingerprint density at radius 2 is 2.00 bits per heavy atom. The van der Waals surface area contributed by atoms with Crippen molar-refractivity contribution in [3.05, 3.63) is 82.5 Å². The van der Waals surface area contributed by atoms with Crippen molar-refractivity contribution in [2.45, 2.75) is 44.9 Å². The highest BCUT2D eigenvalue weighted by Gasteiger charge is 2.39. The molecule has 2 aliphatic rings. The number of hydrogen-bond donors (Lipinski definition) is 1. The molecule has 0 bridgehead atoms. The maximum atomic E-state index is 13.2. The molecule has 1 N–H and O–H groups in total. The van der Waals surface area contributed by atoms with Gasteiger partial charge in [-0.15, -0.1) is 0 Å².